The first-order chi connectivity index (χ1) is 7.99. The lowest BCUT2D eigenvalue weighted by Gasteiger charge is -2.00. The highest BCUT2D eigenvalue weighted by Crippen LogP contribution is 2.31. The van der Waals surface area contributed by atoms with Crippen LogP contribution in [0.1, 0.15) is 24.8 Å². The second-order valence-electron chi connectivity index (χ2n) is 3.96. The molecule has 0 fully saturated rings. The maximum absolute atomic E-state index is 13.7. The molecule has 17 heavy (non-hydrogen) atoms. The average molecular weight is 274 g/mol. The van der Waals surface area contributed by atoms with Crippen LogP contribution in [-0.2, 0) is 0 Å². The first-order valence-electron chi connectivity index (χ1n) is 5.10. The molecule has 0 amide bonds. The first-order valence-corrected chi connectivity index (χ1v) is 6.30. The van der Waals surface area contributed by atoms with Gasteiger partial charge < -0.3 is 0 Å². The predicted molar refractivity (Wildman–Crippen MR) is 66.6 cm³/mol. The van der Waals surface area contributed by atoms with Crippen molar-refractivity contribution in [2.45, 2.75) is 19.8 Å². The van der Waals surface area contributed by atoms with Gasteiger partial charge in [0.05, 0.1) is 10.0 Å². The monoisotopic (exact) mass is 273 g/mol. The summed E-state index contributed by atoms with van der Waals surface area (Å²) in [5, 5.41) is 0.329. The minimum atomic E-state index is -0.518. The van der Waals surface area contributed by atoms with Crippen LogP contribution in [0.25, 0.3) is 11.3 Å². The number of thiazole rings is 1. The summed E-state index contributed by atoms with van der Waals surface area (Å²) in [6, 6.07) is 4.08. The maximum atomic E-state index is 13.7. The van der Waals surface area contributed by atoms with E-state index in [1.54, 1.807) is 0 Å². The lowest BCUT2D eigenvalue weighted by Crippen LogP contribution is -1.87. The molecule has 1 aromatic carbocycles. The van der Waals surface area contributed by atoms with Crippen molar-refractivity contribution < 1.29 is 8.78 Å². The van der Waals surface area contributed by atoms with Gasteiger partial charge in [-0.1, -0.05) is 36.8 Å². The van der Waals surface area contributed by atoms with Crippen LogP contribution in [0.3, 0.4) is 0 Å². The molecule has 1 heterocycles. The Balaban J connectivity index is 2.49. The van der Waals surface area contributed by atoms with E-state index in [1.165, 1.54) is 18.2 Å². The van der Waals surface area contributed by atoms with Crippen molar-refractivity contribution >= 4 is 22.9 Å². The molecule has 0 aliphatic heterocycles. The molecule has 0 atom stereocenters. The fourth-order valence-corrected chi connectivity index (χ4v) is 2.38. The van der Waals surface area contributed by atoms with Gasteiger partial charge in [-0.3, -0.25) is 0 Å². The minimum absolute atomic E-state index is 0.0269. The zero-order chi connectivity index (χ0) is 12.6. The van der Waals surface area contributed by atoms with Gasteiger partial charge in [0.2, 0.25) is 5.13 Å². The molecule has 0 radical (unpaired) electrons. The molecule has 0 aliphatic rings. The third-order valence-corrected chi connectivity index (χ3v) is 3.72. The Morgan fingerprint density at radius 1 is 1.29 bits per heavy atom. The topological polar surface area (TPSA) is 12.9 Å². The fourth-order valence-electron chi connectivity index (χ4n) is 1.39. The molecule has 0 spiro atoms. The van der Waals surface area contributed by atoms with E-state index in [9.17, 15) is 8.78 Å². The summed E-state index contributed by atoms with van der Waals surface area (Å²) < 4.78 is 26.7. The average Bonchev–Trinajstić information content (AvgIpc) is 2.65. The van der Waals surface area contributed by atoms with Crippen molar-refractivity contribution in [2.75, 3.05) is 0 Å². The van der Waals surface area contributed by atoms with Crippen LogP contribution in [0.5, 0.6) is 0 Å². The second-order valence-corrected chi connectivity index (χ2v) is 5.35. The summed E-state index contributed by atoms with van der Waals surface area (Å²) in [7, 11) is 0. The normalized spacial score (nSPS) is 11.2. The molecule has 0 unspecified atom stereocenters. The first kappa shape index (κ1) is 12.5. The molecule has 2 aromatic rings. The fraction of sp³-hybridized carbons (Fsp3) is 0.250. The van der Waals surface area contributed by atoms with Gasteiger partial charge in [-0.2, -0.15) is 4.39 Å². The number of hydrogen-bond donors (Lipinski definition) is 0. The van der Waals surface area contributed by atoms with Gasteiger partial charge >= 0.3 is 0 Å². The standard InChI is InChI=1S/C12H10ClF2NS/c1-6(2)12-16-10(11(15)17-12)7-3-4-9(14)8(13)5-7/h3-6H,1-2H3. The molecule has 1 nitrogen and oxygen atoms in total. The Morgan fingerprint density at radius 3 is 2.53 bits per heavy atom. The lowest BCUT2D eigenvalue weighted by atomic mass is 10.1. The molecule has 2 rings (SSSR count). The zero-order valence-corrected chi connectivity index (χ0v) is 10.9. The summed E-state index contributed by atoms with van der Waals surface area (Å²) in [5.74, 6) is -0.352. The van der Waals surface area contributed by atoms with Crippen molar-refractivity contribution in [3.63, 3.8) is 0 Å². The van der Waals surface area contributed by atoms with Gasteiger partial charge in [-0.15, -0.1) is 0 Å². The summed E-state index contributed by atoms with van der Waals surface area (Å²) in [4.78, 5) is 4.21. The molecule has 0 aliphatic carbocycles. The highest BCUT2D eigenvalue weighted by molar-refractivity contribution is 7.10. The van der Waals surface area contributed by atoms with E-state index < -0.39 is 5.82 Å². The Morgan fingerprint density at radius 2 is 2.00 bits per heavy atom. The summed E-state index contributed by atoms with van der Waals surface area (Å²) in [6.45, 7) is 3.89. The van der Waals surface area contributed by atoms with Crippen LogP contribution in [0.4, 0.5) is 8.78 Å². The van der Waals surface area contributed by atoms with E-state index in [0.717, 1.165) is 16.3 Å². The van der Waals surface area contributed by atoms with Gasteiger partial charge in [0.1, 0.15) is 11.5 Å². The van der Waals surface area contributed by atoms with Crippen molar-refractivity contribution in [3.05, 3.63) is 39.2 Å². The Labute approximate surface area is 107 Å². The molecular formula is C12H10ClF2NS. The third kappa shape index (κ3) is 2.48. The largest absolute Gasteiger partial charge is 0.238 e. The van der Waals surface area contributed by atoms with Crippen LogP contribution in [-0.4, -0.2) is 4.98 Å². The molecule has 90 valence electrons. The third-order valence-electron chi connectivity index (χ3n) is 2.29. The highest BCUT2D eigenvalue weighted by atomic mass is 35.5. The summed E-state index contributed by atoms with van der Waals surface area (Å²) in [5.41, 5.74) is 0.734. The molecule has 0 saturated carbocycles. The van der Waals surface area contributed by atoms with Crippen LogP contribution >= 0.6 is 22.9 Å². The van der Waals surface area contributed by atoms with Crippen molar-refractivity contribution in [2.24, 2.45) is 0 Å². The quantitative estimate of drug-likeness (QED) is 0.761. The second kappa shape index (κ2) is 4.70. The van der Waals surface area contributed by atoms with E-state index in [0.29, 0.717) is 5.56 Å². The van der Waals surface area contributed by atoms with Crippen LogP contribution in [0.15, 0.2) is 18.2 Å². The van der Waals surface area contributed by atoms with E-state index in [-0.39, 0.29) is 21.8 Å². The number of hydrogen-bond acceptors (Lipinski definition) is 2. The number of benzene rings is 1. The number of aromatic nitrogens is 1. The van der Waals surface area contributed by atoms with Crippen molar-refractivity contribution in [1.82, 2.24) is 4.98 Å². The molecule has 5 heteroatoms. The van der Waals surface area contributed by atoms with E-state index in [4.69, 9.17) is 11.6 Å². The number of rotatable bonds is 2. The van der Waals surface area contributed by atoms with Gasteiger partial charge in [-0.05, 0) is 18.2 Å². The van der Waals surface area contributed by atoms with Gasteiger partial charge in [0.25, 0.3) is 0 Å². The predicted octanol–water partition coefficient (Wildman–Crippen LogP) is 4.87. The SMILES string of the molecule is CC(C)c1nc(-c2ccc(F)c(Cl)c2)c(F)s1. The molecule has 1 aromatic heterocycles. The van der Waals surface area contributed by atoms with E-state index >= 15 is 0 Å². The Kier molecular flexibility index (Phi) is 3.45. The molecule has 0 N–H and O–H groups in total. The van der Waals surface area contributed by atoms with Crippen LogP contribution in [0, 0.1) is 10.9 Å². The van der Waals surface area contributed by atoms with Gasteiger partial charge in [-0.25, -0.2) is 9.37 Å². The van der Waals surface area contributed by atoms with E-state index in [1.807, 2.05) is 13.8 Å². The zero-order valence-electron chi connectivity index (χ0n) is 9.30. The summed E-state index contributed by atoms with van der Waals surface area (Å²) in [6.07, 6.45) is 0. The van der Waals surface area contributed by atoms with Crippen LogP contribution < -0.4 is 0 Å². The van der Waals surface area contributed by atoms with Gasteiger partial charge in [0.15, 0.2) is 0 Å². The smallest absolute Gasteiger partial charge is 0.204 e. The molecular weight excluding hydrogens is 264 g/mol. The number of nitrogens with zero attached hydrogens (tertiary/aromatic N) is 1. The molecule has 0 saturated heterocycles. The summed E-state index contributed by atoms with van der Waals surface area (Å²) >= 11 is 6.68. The van der Waals surface area contributed by atoms with E-state index in [2.05, 4.69) is 4.98 Å². The number of halogens is 3. The maximum Gasteiger partial charge on any atom is 0.204 e. The highest BCUT2D eigenvalue weighted by Gasteiger charge is 2.15. The Hall–Kier alpha value is -1.00. The van der Waals surface area contributed by atoms with Crippen LogP contribution in [0.2, 0.25) is 5.02 Å². The van der Waals surface area contributed by atoms with Gasteiger partial charge in [0, 0.05) is 11.5 Å². The Bertz CT molecular complexity index is 551. The minimum Gasteiger partial charge on any atom is -0.238 e. The van der Waals surface area contributed by atoms with Crippen molar-refractivity contribution in [1.29, 1.82) is 0 Å². The lowest BCUT2D eigenvalue weighted by molar-refractivity contribution is 0.628. The molecule has 0 bridgehead atoms. The van der Waals surface area contributed by atoms with Crippen molar-refractivity contribution in [3.8, 4) is 11.3 Å².